The highest BCUT2D eigenvalue weighted by Crippen LogP contribution is 2.54. The lowest BCUT2D eigenvalue weighted by Gasteiger charge is -2.45. The summed E-state index contributed by atoms with van der Waals surface area (Å²) >= 11 is 3.36. The molecule has 1 spiro atoms. The Hall–Kier alpha value is -0.840. The fourth-order valence-electron chi connectivity index (χ4n) is 3.76. The first-order valence-electron chi connectivity index (χ1n) is 8.52. The Labute approximate surface area is 159 Å². The molecule has 0 bridgehead atoms. The van der Waals surface area contributed by atoms with Gasteiger partial charge >= 0.3 is 0 Å². The van der Waals surface area contributed by atoms with Gasteiger partial charge in [0.25, 0.3) is 0 Å². The molecule has 0 radical (unpaired) electrons. The summed E-state index contributed by atoms with van der Waals surface area (Å²) in [6.45, 7) is 1.71. The molecule has 3 aliphatic rings. The SMILES string of the molecule is C[C@@H]1O[C@@H](O[C@@H]2C[C@@H](N=[N+]=[N-])[C@H](O)C3(C2)SCCS3)C[C@H](N=[N+]=[N-])[C@H]1O. The number of rotatable bonds is 4. The predicted molar refractivity (Wildman–Crippen MR) is 98.6 cm³/mol. The molecular formula is C14H22N6O4S2. The van der Waals surface area contributed by atoms with Crippen LogP contribution in [0.2, 0.25) is 0 Å². The number of hydrogen-bond donors (Lipinski definition) is 2. The van der Waals surface area contributed by atoms with Gasteiger partial charge < -0.3 is 19.7 Å². The Morgan fingerprint density at radius 1 is 1.12 bits per heavy atom. The van der Waals surface area contributed by atoms with Crippen LogP contribution < -0.4 is 0 Å². The van der Waals surface area contributed by atoms with E-state index in [1.54, 1.807) is 30.4 Å². The summed E-state index contributed by atoms with van der Waals surface area (Å²) in [5.41, 5.74) is 17.5. The van der Waals surface area contributed by atoms with E-state index in [-0.39, 0.29) is 12.5 Å². The molecule has 3 rings (SSSR count). The van der Waals surface area contributed by atoms with Crippen molar-refractivity contribution in [3.05, 3.63) is 20.9 Å². The average molecular weight is 403 g/mol. The van der Waals surface area contributed by atoms with Gasteiger partial charge in [-0.1, -0.05) is 10.2 Å². The van der Waals surface area contributed by atoms with E-state index in [2.05, 4.69) is 20.1 Å². The number of aliphatic hydroxyl groups is 2. The molecule has 0 amide bonds. The van der Waals surface area contributed by atoms with Crippen LogP contribution in [0.15, 0.2) is 10.2 Å². The smallest absolute Gasteiger partial charge is 0.158 e. The van der Waals surface area contributed by atoms with Crippen molar-refractivity contribution in [2.45, 2.75) is 73.1 Å². The van der Waals surface area contributed by atoms with E-state index in [4.69, 9.17) is 20.5 Å². The molecule has 0 aromatic rings. The standard InChI is InChI=1S/C14H22N6O4S2/c1-7-12(21)9(17-19-15)5-11(23-7)24-8-4-10(18-20-16)13(22)14(6-8)25-2-3-26-14/h7-13,21-22H,2-6H2,1H3/t7-,8+,9-,10+,11-,12-,13-/m0/s1. The van der Waals surface area contributed by atoms with Crippen molar-refractivity contribution in [3.8, 4) is 0 Å². The Morgan fingerprint density at radius 2 is 1.77 bits per heavy atom. The molecule has 12 heteroatoms. The summed E-state index contributed by atoms with van der Waals surface area (Å²) in [6.07, 6.45) is -1.72. The molecule has 0 aromatic carbocycles. The largest absolute Gasteiger partial charge is 0.390 e. The minimum atomic E-state index is -0.873. The molecule has 2 N–H and O–H groups in total. The van der Waals surface area contributed by atoms with Crippen LogP contribution in [0.1, 0.15) is 26.2 Å². The van der Waals surface area contributed by atoms with Crippen molar-refractivity contribution in [2.75, 3.05) is 11.5 Å². The van der Waals surface area contributed by atoms with Crippen LogP contribution in [0.5, 0.6) is 0 Å². The van der Waals surface area contributed by atoms with Gasteiger partial charge in [-0.05, 0) is 24.4 Å². The van der Waals surface area contributed by atoms with Crippen LogP contribution in [-0.4, -0.2) is 68.6 Å². The van der Waals surface area contributed by atoms with Crippen molar-refractivity contribution in [3.63, 3.8) is 0 Å². The molecule has 0 aromatic heterocycles. The summed E-state index contributed by atoms with van der Waals surface area (Å²) in [4.78, 5) is 5.66. The molecule has 0 unspecified atom stereocenters. The molecule has 2 heterocycles. The maximum absolute atomic E-state index is 10.7. The van der Waals surface area contributed by atoms with Crippen molar-refractivity contribution in [2.24, 2.45) is 10.2 Å². The first-order chi connectivity index (χ1) is 12.5. The van der Waals surface area contributed by atoms with E-state index < -0.39 is 40.8 Å². The Morgan fingerprint density at radius 3 is 2.42 bits per heavy atom. The normalized spacial score (nSPS) is 42.0. The fourth-order valence-corrected chi connectivity index (χ4v) is 7.22. The molecule has 2 aliphatic heterocycles. The first-order valence-corrected chi connectivity index (χ1v) is 10.5. The van der Waals surface area contributed by atoms with Crippen LogP contribution in [-0.2, 0) is 9.47 Å². The monoisotopic (exact) mass is 402 g/mol. The topological polar surface area (TPSA) is 156 Å². The second-order valence-corrected chi connectivity index (χ2v) is 9.80. The first kappa shape index (κ1) is 19.9. The second-order valence-electron chi connectivity index (χ2n) is 6.69. The van der Waals surface area contributed by atoms with Gasteiger partial charge in [0.05, 0.1) is 40.6 Å². The van der Waals surface area contributed by atoms with E-state index in [0.717, 1.165) is 11.5 Å². The van der Waals surface area contributed by atoms with Crippen LogP contribution >= 0.6 is 23.5 Å². The van der Waals surface area contributed by atoms with Crippen molar-refractivity contribution in [1.29, 1.82) is 0 Å². The van der Waals surface area contributed by atoms with Crippen molar-refractivity contribution >= 4 is 23.5 Å². The zero-order valence-corrected chi connectivity index (χ0v) is 15.9. The summed E-state index contributed by atoms with van der Waals surface area (Å²) in [5.74, 6) is 1.86. The Bertz CT molecular complexity index is 608. The maximum atomic E-state index is 10.7. The number of ether oxygens (including phenoxy) is 2. The van der Waals surface area contributed by atoms with Crippen molar-refractivity contribution < 1.29 is 19.7 Å². The molecule has 144 valence electrons. The van der Waals surface area contributed by atoms with Gasteiger partial charge in [-0.3, -0.25) is 0 Å². The molecule has 1 saturated carbocycles. The van der Waals surface area contributed by atoms with Crippen molar-refractivity contribution in [1.82, 2.24) is 0 Å². The summed E-state index contributed by atoms with van der Waals surface area (Å²) < 4.78 is 11.4. The zero-order chi connectivity index (χ0) is 18.7. The lowest BCUT2D eigenvalue weighted by Crippen LogP contribution is -2.53. The third kappa shape index (κ3) is 4.02. The molecule has 2 saturated heterocycles. The third-order valence-electron chi connectivity index (χ3n) is 5.03. The van der Waals surface area contributed by atoms with E-state index in [1.165, 1.54) is 0 Å². The number of nitrogens with zero attached hydrogens (tertiary/aromatic N) is 6. The summed E-state index contributed by atoms with van der Waals surface area (Å²) in [5, 5.41) is 28.2. The van der Waals surface area contributed by atoms with E-state index in [9.17, 15) is 10.2 Å². The number of aliphatic hydroxyl groups excluding tert-OH is 2. The molecule has 3 fully saturated rings. The zero-order valence-electron chi connectivity index (χ0n) is 14.3. The van der Waals surface area contributed by atoms with E-state index in [0.29, 0.717) is 12.8 Å². The highest BCUT2D eigenvalue weighted by molar-refractivity contribution is 8.21. The van der Waals surface area contributed by atoms with Gasteiger partial charge in [0.1, 0.15) is 0 Å². The van der Waals surface area contributed by atoms with Gasteiger partial charge in [-0.25, -0.2) is 0 Å². The van der Waals surface area contributed by atoms with Gasteiger partial charge in [0.15, 0.2) is 6.29 Å². The highest BCUT2D eigenvalue weighted by Gasteiger charge is 2.52. The number of hydrogen-bond acceptors (Lipinski definition) is 8. The summed E-state index contributed by atoms with van der Waals surface area (Å²) in [7, 11) is 0. The van der Waals surface area contributed by atoms with Crippen LogP contribution in [0.3, 0.4) is 0 Å². The molecular weight excluding hydrogens is 380 g/mol. The average Bonchev–Trinajstić information content (AvgIpc) is 3.06. The Balaban J connectivity index is 1.72. The molecule has 7 atom stereocenters. The van der Waals surface area contributed by atoms with Crippen LogP contribution in [0, 0.1) is 0 Å². The lowest BCUT2D eigenvalue weighted by atomic mass is 9.89. The molecule has 10 nitrogen and oxygen atoms in total. The predicted octanol–water partition coefficient (Wildman–Crippen LogP) is 2.56. The van der Waals surface area contributed by atoms with E-state index >= 15 is 0 Å². The second kappa shape index (κ2) is 8.45. The fraction of sp³-hybridized carbons (Fsp3) is 1.00. The van der Waals surface area contributed by atoms with Crippen LogP contribution in [0.25, 0.3) is 20.9 Å². The van der Waals surface area contributed by atoms with Gasteiger partial charge in [-0.15, -0.1) is 23.5 Å². The van der Waals surface area contributed by atoms with Gasteiger partial charge in [0.2, 0.25) is 0 Å². The third-order valence-corrected chi connectivity index (χ3v) is 8.60. The van der Waals surface area contributed by atoms with E-state index in [1.807, 2.05) is 0 Å². The number of azide groups is 2. The summed E-state index contributed by atoms with van der Waals surface area (Å²) in [6, 6.07) is -1.17. The minimum Gasteiger partial charge on any atom is -0.390 e. The van der Waals surface area contributed by atoms with Gasteiger partial charge in [-0.2, -0.15) is 0 Å². The lowest BCUT2D eigenvalue weighted by molar-refractivity contribution is -0.244. The number of thioether (sulfide) groups is 2. The van der Waals surface area contributed by atoms with Gasteiger partial charge in [0, 0.05) is 34.2 Å². The molecule has 26 heavy (non-hydrogen) atoms. The quantitative estimate of drug-likeness (QED) is 0.418. The maximum Gasteiger partial charge on any atom is 0.158 e. The Kier molecular flexibility index (Phi) is 6.47. The molecule has 1 aliphatic carbocycles. The minimum absolute atomic E-state index is 0.258. The van der Waals surface area contributed by atoms with Crippen LogP contribution in [0.4, 0.5) is 0 Å². The highest BCUT2D eigenvalue weighted by atomic mass is 32.2.